The Morgan fingerprint density at radius 3 is 2.60 bits per heavy atom. The molecule has 1 aromatic carbocycles. The number of hydrogen-bond donors (Lipinski definition) is 1. The van der Waals surface area contributed by atoms with Gasteiger partial charge in [0.25, 0.3) is 0 Å². The molecule has 0 saturated carbocycles. The lowest BCUT2D eigenvalue weighted by atomic mass is 9.90. The number of carbonyl (C=O) groups is 1. The highest BCUT2D eigenvalue weighted by atomic mass is 16.5. The first kappa shape index (κ1) is 18.2. The Hall–Kier alpha value is -1.59. The molecule has 0 aliphatic carbocycles. The van der Waals surface area contributed by atoms with Crippen LogP contribution in [-0.4, -0.2) is 66.2 Å². The molecule has 1 aromatic rings. The number of aryl methyl sites for hydroxylation is 1. The molecule has 138 valence electrons. The Morgan fingerprint density at radius 1 is 1.20 bits per heavy atom. The third-order valence-corrected chi connectivity index (χ3v) is 5.44. The maximum absolute atomic E-state index is 12.4. The topological polar surface area (TPSA) is 53.0 Å². The number of phenolic OH excluding ortho intramolecular Hbond substituents is 1. The van der Waals surface area contributed by atoms with Crippen molar-refractivity contribution in [2.45, 2.75) is 38.7 Å². The van der Waals surface area contributed by atoms with Crippen LogP contribution >= 0.6 is 0 Å². The molecule has 0 spiro atoms. The number of aromatic hydroxyl groups is 1. The van der Waals surface area contributed by atoms with Gasteiger partial charge in [0.1, 0.15) is 5.75 Å². The van der Waals surface area contributed by atoms with E-state index in [1.165, 1.54) is 24.8 Å². The fourth-order valence-corrected chi connectivity index (χ4v) is 3.80. The van der Waals surface area contributed by atoms with Gasteiger partial charge in [-0.2, -0.15) is 0 Å². The van der Waals surface area contributed by atoms with E-state index >= 15 is 0 Å². The third kappa shape index (κ3) is 5.44. The summed E-state index contributed by atoms with van der Waals surface area (Å²) in [7, 11) is 0. The maximum Gasteiger partial charge on any atom is 0.236 e. The number of morpholine rings is 1. The molecule has 2 saturated heterocycles. The highest BCUT2D eigenvalue weighted by Crippen LogP contribution is 2.23. The van der Waals surface area contributed by atoms with E-state index in [0.29, 0.717) is 18.9 Å². The number of likely N-dealkylation sites (tertiary alicyclic amines) is 1. The van der Waals surface area contributed by atoms with Gasteiger partial charge in [-0.1, -0.05) is 12.1 Å². The summed E-state index contributed by atoms with van der Waals surface area (Å²) in [6.45, 7) is 6.73. The Kier molecular flexibility index (Phi) is 6.32. The predicted molar refractivity (Wildman–Crippen MR) is 97.6 cm³/mol. The second-order valence-corrected chi connectivity index (χ2v) is 7.45. The largest absolute Gasteiger partial charge is 0.508 e. The van der Waals surface area contributed by atoms with E-state index in [1.807, 2.05) is 24.0 Å². The number of piperidine rings is 1. The van der Waals surface area contributed by atoms with Gasteiger partial charge < -0.3 is 14.7 Å². The monoisotopic (exact) mass is 346 g/mol. The number of rotatable bonds is 5. The number of amides is 1. The number of ether oxygens (including phenoxy) is 1. The summed E-state index contributed by atoms with van der Waals surface area (Å²) in [5, 5.41) is 9.34. The van der Waals surface area contributed by atoms with Crippen molar-refractivity contribution in [3.05, 3.63) is 29.8 Å². The summed E-state index contributed by atoms with van der Waals surface area (Å²) in [5.41, 5.74) is 1.29. The number of carbonyl (C=O) groups excluding carboxylic acids is 1. The van der Waals surface area contributed by atoms with Crippen LogP contribution in [0.3, 0.4) is 0 Å². The minimum Gasteiger partial charge on any atom is -0.508 e. The molecule has 0 radical (unpaired) electrons. The Bertz CT molecular complexity index is 553. The molecule has 0 aromatic heterocycles. The average molecular weight is 346 g/mol. The SMILES string of the molecule is C[C@H]1CN(C(=O)CN2CCC(CCc3ccc(O)cc3)CC2)CCO1. The van der Waals surface area contributed by atoms with Crippen LogP contribution in [0.2, 0.25) is 0 Å². The Morgan fingerprint density at radius 2 is 1.92 bits per heavy atom. The lowest BCUT2D eigenvalue weighted by molar-refractivity contribution is -0.139. The van der Waals surface area contributed by atoms with Gasteiger partial charge in [-0.15, -0.1) is 0 Å². The van der Waals surface area contributed by atoms with Crippen molar-refractivity contribution < 1.29 is 14.6 Å². The molecule has 1 atom stereocenters. The molecule has 3 rings (SSSR count). The van der Waals surface area contributed by atoms with E-state index < -0.39 is 0 Å². The van der Waals surface area contributed by atoms with Crippen LogP contribution in [0, 0.1) is 5.92 Å². The van der Waals surface area contributed by atoms with Gasteiger partial charge in [-0.3, -0.25) is 9.69 Å². The summed E-state index contributed by atoms with van der Waals surface area (Å²) in [6.07, 6.45) is 4.75. The van der Waals surface area contributed by atoms with Crippen LogP contribution in [0.15, 0.2) is 24.3 Å². The van der Waals surface area contributed by atoms with Gasteiger partial charge in [-0.25, -0.2) is 0 Å². The lowest BCUT2D eigenvalue weighted by Crippen LogP contribution is -2.49. The zero-order chi connectivity index (χ0) is 17.6. The molecule has 5 heteroatoms. The van der Waals surface area contributed by atoms with Crippen LogP contribution in [0.5, 0.6) is 5.75 Å². The molecule has 2 heterocycles. The van der Waals surface area contributed by atoms with Gasteiger partial charge in [0.05, 0.1) is 19.3 Å². The van der Waals surface area contributed by atoms with Gasteiger partial charge in [0.15, 0.2) is 0 Å². The summed E-state index contributed by atoms with van der Waals surface area (Å²) in [6, 6.07) is 7.53. The Balaban J connectivity index is 1.36. The first-order valence-electron chi connectivity index (χ1n) is 9.50. The summed E-state index contributed by atoms with van der Waals surface area (Å²) in [4.78, 5) is 16.7. The smallest absolute Gasteiger partial charge is 0.236 e. The van der Waals surface area contributed by atoms with Gasteiger partial charge in [0.2, 0.25) is 5.91 Å². The third-order valence-electron chi connectivity index (χ3n) is 5.44. The molecule has 0 unspecified atom stereocenters. The average Bonchev–Trinajstić information content (AvgIpc) is 2.62. The number of nitrogens with zero attached hydrogens (tertiary/aromatic N) is 2. The quantitative estimate of drug-likeness (QED) is 0.889. The van der Waals surface area contributed by atoms with Crippen molar-refractivity contribution in [1.29, 1.82) is 0 Å². The van der Waals surface area contributed by atoms with Gasteiger partial charge in [-0.05, 0) is 69.3 Å². The van der Waals surface area contributed by atoms with Crippen LogP contribution in [0.25, 0.3) is 0 Å². The Labute approximate surface area is 150 Å². The standard InChI is InChI=1S/C20H30N2O3/c1-16-14-22(12-13-25-16)20(24)15-21-10-8-18(9-11-21)3-2-17-4-6-19(23)7-5-17/h4-7,16,18,23H,2-3,8-15H2,1H3/t16-/m0/s1. The van der Waals surface area contributed by atoms with Crippen molar-refractivity contribution in [3.8, 4) is 5.75 Å². The molecule has 2 fully saturated rings. The number of benzene rings is 1. The van der Waals surface area contributed by atoms with Crippen molar-refractivity contribution in [2.24, 2.45) is 5.92 Å². The van der Waals surface area contributed by atoms with E-state index in [-0.39, 0.29) is 12.0 Å². The fourth-order valence-electron chi connectivity index (χ4n) is 3.80. The zero-order valence-corrected chi connectivity index (χ0v) is 15.2. The minimum atomic E-state index is 0.156. The van der Waals surface area contributed by atoms with Crippen LogP contribution in [-0.2, 0) is 16.0 Å². The molecular formula is C20H30N2O3. The molecule has 5 nitrogen and oxygen atoms in total. The van der Waals surface area contributed by atoms with E-state index in [0.717, 1.165) is 38.5 Å². The van der Waals surface area contributed by atoms with Gasteiger partial charge >= 0.3 is 0 Å². The van der Waals surface area contributed by atoms with Crippen LogP contribution < -0.4 is 0 Å². The fraction of sp³-hybridized carbons (Fsp3) is 0.650. The van der Waals surface area contributed by atoms with Crippen molar-refractivity contribution in [2.75, 3.05) is 39.3 Å². The minimum absolute atomic E-state index is 0.156. The second-order valence-electron chi connectivity index (χ2n) is 7.45. The molecule has 1 amide bonds. The van der Waals surface area contributed by atoms with E-state index in [4.69, 9.17) is 4.74 Å². The highest BCUT2D eigenvalue weighted by Gasteiger charge is 2.25. The number of phenols is 1. The van der Waals surface area contributed by atoms with Crippen LogP contribution in [0.1, 0.15) is 31.7 Å². The molecule has 1 N–H and O–H groups in total. The second kappa shape index (κ2) is 8.68. The summed E-state index contributed by atoms with van der Waals surface area (Å²) < 4.78 is 5.51. The van der Waals surface area contributed by atoms with Crippen molar-refractivity contribution in [1.82, 2.24) is 9.80 Å². The summed E-state index contributed by atoms with van der Waals surface area (Å²) in [5.74, 6) is 1.32. The lowest BCUT2D eigenvalue weighted by Gasteiger charge is -2.35. The van der Waals surface area contributed by atoms with Crippen molar-refractivity contribution in [3.63, 3.8) is 0 Å². The molecule has 25 heavy (non-hydrogen) atoms. The molecule has 0 bridgehead atoms. The van der Waals surface area contributed by atoms with Gasteiger partial charge in [0, 0.05) is 13.1 Å². The highest BCUT2D eigenvalue weighted by molar-refractivity contribution is 5.78. The predicted octanol–water partition coefficient (Wildman–Crippen LogP) is 2.28. The molecular weight excluding hydrogens is 316 g/mol. The summed E-state index contributed by atoms with van der Waals surface area (Å²) >= 11 is 0. The van der Waals surface area contributed by atoms with E-state index in [1.54, 1.807) is 12.1 Å². The van der Waals surface area contributed by atoms with E-state index in [9.17, 15) is 9.90 Å². The zero-order valence-electron chi connectivity index (χ0n) is 15.2. The van der Waals surface area contributed by atoms with Crippen molar-refractivity contribution >= 4 is 5.91 Å². The number of hydrogen-bond acceptors (Lipinski definition) is 4. The molecule has 2 aliphatic rings. The first-order chi connectivity index (χ1) is 12.1. The van der Waals surface area contributed by atoms with Crippen LogP contribution in [0.4, 0.5) is 0 Å². The normalized spacial score (nSPS) is 22.9. The van der Waals surface area contributed by atoms with E-state index in [2.05, 4.69) is 4.90 Å². The first-order valence-corrected chi connectivity index (χ1v) is 9.50. The maximum atomic E-state index is 12.4. The molecule has 2 aliphatic heterocycles.